The third kappa shape index (κ3) is 6.54. The number of halogens is 2. The van der Waals surface area contributed by atoms with E-state index in [2.05, 4.69) is 32.9 Å². The van der Waals surface area contributed by atoms with Gasteiger partial charge in [0, 0.05) is 31.5 Å². The summed E-state index contributed by atoms with van der Waals surface area (Å²) in [6.45, 7) is 8.79. The predicted molar refractivity (Wildman–Crippen MR) is 146 cm³/mol. The van der Waals surface area contributed by atoms with Gasteiger partial charge in [0.15, 0.2) is 0 Å². The van der Waals surface area contributed by atoms with Crippen molar-refractivity contribution in [3.63, 3.8) is 0 Å². The molecule has 0 saturated carbocycles. The van der Waals surface area contributed by atoms with Crippen molar-refractivity contribution in [2.24, 2.45) is 0 Å². The van der Waals surface area contributed by atoms with Crippen LogP contribution < -0.4 is 4.74 Å². The minimum atomic E-state index is -0.956. The van der Waals surface area contributed by atoms with Crippen molar-refractivity contribution in [1.29, 1.82) is 0 Å². The Kier molecular flexibility index (Phi) is 7.84. The van der Waals surface area contributed by atoms with Crippen LogP contribution in [0.3, 0.4) is 0 Å². The van der Waals surface area contributed by atoms with Crippen LogP contribution in [0.4, 0.5) is 4.39 Å². The highest BCUT2D eigenvalue weighted by Crippen LogP contribution is 2.38. The van der Waals surface area contributed by atoms with Crippen LogP contribution in [-0.2, 0) is 29.6 Å². The lowest BCUT2D eigenvalue weighted by Crippen LogP contribution is -2.33. The summed E-state index contributed by atoms with van der Waals surface area (Å²) >= 11 is 5.82. The summed E-state index contributed by atoms with van der Waals surface area (Å²) in [5, 5.41) is 9.34. The molecule has 4 rings (SSSR count). The van der Waals surface area contributed by atoms with Gasteiger partial charge >= 0.3 is 5.97 Å². The van der Waals surface area contributed by atoms with E-state index in [1.807, 2.05) is 25.1 Å². The lowest BCUT2D eigenvalue weighted by atomic mass is 9.87. The van der Waals surface area contributed by atoms with E-state index in [0.29, 0.717) is 30.7 Å². The summed E-state index contributed by atoms with van der Waals surface area (Å²) in [7, 11) is 0. The molecule has 0 fully saturated rings. The summed E-state index contributed by atoms with van der Waals surface area (Å²) in [5.41, 5.74) is 3.68. The Morgan fingerprint density at radius 2 is 1.74 bits per heavy atom. The fourth-order valence-corrected chi connectivity index (χ4v) is 4.95. The van der Waals surface area contributed by atoms with Crippen molar-refractivity contribution < 1.29 is 23.8 Å². The summed E-state index contributed by atoms with van der Waals surface area (Å²) in [6.07, 6.45) is 0.890. The molecular formula is C31H33ClFNO4. The summed E-state index contributed by atoms with van der Waals surface area (Å²) in [5.74, 6) is -0.969. The molecule has 1 amide bonds. The van der Waals surface area contributed by atoms with Crippen LogP contribution in [0.1, 0.15) is 66.7 Å². The van der Waals surface area contributed by atoms with E-state index >= 15 is 0 Å². The van der Waals surface area contributed by atoms with Crippen molar-refractivity contribution in [2.45, 2.75) is 64.5 Å². The summed E-state index contributed by atoms with van der Waals surface area (Å²) in [4.78, 5) is 26.4. The zero-order chi connectivity index (χ0) is 27.7. The Hall–Kier alpha value is -3.38. The monoisotopic (exact) mass is 537 g/mol. The molecule has 5 nitrogen and oxygen atoms in total. The van der Waals surface area contributed by atoms with E-state index in [1.54, 1.807) is 23.1 Å². The van der Waals surface area contributed by atoms with E-state index in [0.717, 1.165) is 16.7 Å². The molecule has 0 aromatic heterocycles. The second kappa shape index (κ2) is 10.8. The molecule has 0 radical (unpaired) electrons. The molecule has 1 atom stereocenters. The molecule has 7 heteroatoms. The Bertz CT molecular complexity index is 1350. The van der Waals surface area contributed by atoms with Crippen molar-refractivity contribution in [3.05, 3.63) is 99.3 Å². The average molecular weight is 538 g/mol. The number of rotatable bonds is 8. The maximum atomic E-state index is 13.9. The number of carboxylic acid groups (broad SMARTS) is 1. The predicted octanol–water partition coefficient (Wildman–Crippen LogP) is 6.83. The second-order valence-corrected chi connectivity index (χ2v) is 11.7. The second-order valence-electron chi connectivity index (χ2n) is 11.3. The zero-order valence-corrected chi connectivity index (χ0v) is 22.9. The number of ether oxygens (including phenoxy) is 1. The molecule has 0 unspecified atom stereocenters. The average Bonchev–Trinajstić information content (AvgIpc) is 3.18. The largest absolute Gasteiger partial charge is 0.487 e. The Balaban J connectivity index is 1.52. The van der Waals surface area contributed by atoms with E-state index < -0.39 is 17.4 Å². The van der Waals surface area contributed by atoms with E-state index in [4.69, 9.17) is 16.3 Å². The van der Waals surface area contributed by atoms with Gasteiger partial charge in [-0.25, -0.2) is 4.39 Å². The van der Waals surface area contributed by atoms with Crippen molar-refractivity contribution >= 4 is 23.5 Å². The van der Waals surface area contributed by atoms with Crippen LogP contribution in [0.15, 0.2) is 60.7 Å². The minimum absolute atomic E-state index is 0.0139. The van der Waals surface area contributed by atoms with Crippen molar-refractivity contribution in [1.82, 2.24) is 4.90 Å². The third-order valence-electron chi connectivity index (χ3n) is 6.87. The van der Waals surface area contributed by atoms with Gasteiger partial charge in [0.1, 0.15) is 17.2 Å². The molecule has 0 aliphatic carbocycles. The van der Waals surface area contributed by atoms with Crippen LogP contribution in [0, 0.1) is 5.82 Å². The fourth-order valence-electron chi connectivity index (χ4n) is 4.83. The highest BCUT2D eigenvalue weighted by atomic mass is 35.5. The minimum Gasteiger partial charge on any atom is -0.487 e. The van der Waals surface area contributed by atoms with Crippen LogP contribution in [0.25, 0.3) is 0 Å². The molecule has 200 valence electrons. The van der Waals surface area contributed by atoms with Crippen molar-refractivity contribution in [3.8, 4) is 5.75 Å². The van der Waals surface area contributed by atoms with Crippen LogP contribution >= 0.6 is 11.6 Å². The number of carbonyl (C=O) groups is 2. The van der Waals surface area contributed by atoms with E-state index in [-0.39, 0.29) is 29.3 Å². The number of carbonyl (C=O) groups excluding carboxylic acids is 1. The third-order valence-corrected chi connectivity index (χ3v) is 7.17. The number of hydrogen-bond acceptors (Lipinski definition) is 3. The molecule has 1 aliphatic rings. The van der Waals surface area contributed by atoms with E-state index in [1.165, 1.54) is 17.7 Å². The highest BCUT2D eigenvalue weighted by Gasteiger charge is 2.36. The van der Waals surface area contributed by atoms with Crippen molar-refractivity contribution in [2.75, 3.05) is 6.54 Å². The molecule has 1 aliphatic heterocycles. The number of fused-ring (bicyclic) bond motifs is 1. The number of benzene rings is 3. The number of hydrogen-bond donors (Lipinski definition) is 1. The Morgan fingerprint density at radius 1 is 1.05 bits per heavy atom. The van der Waals surface area contributed by atoms with Crippen LogP contribution in [0.2, 0.25) is 5.02 Å². The fraction of sp³-hybridized carbons (Fsp3) is 0.355. The smallest absolute Gasteiger partial charge is 0.305 e. The molecular weight excluding hydrogens is 505 g/mol. The number of carboxylic acids is 1. The van der Waals surface area contributed by atoms with Gasteiger partial charge in [-0.05, 0) is 64.9 Å². The van der Waals surface area contributed by atoms with Gasteiger partial charge in [-0.1, -0.05) is 62.7 Å². The molecule has 0 bridgehead atoms. The normalized spacial score (nSPS) is 16.6. The first-order valence-electron chi connectivity index (χ1n) is 12.7. The molecule has 3 aromatic rings. The molecule has 1 heterocycles. The van der Waals surface area contributed by atoms with Gasteiger partial charge in [-0.15, -0.1) is 0 Å². The molecule has 0 spiro atoms. The first-order chi connectivity index (χ1) is 17.8. The van der Waals surface area contributed by atoms with Crippen LogP contribution in [-0.4, -0.2) is 34.0 Å². The van der Waals surface area contributed by atoms with Gasteiger partial charge in [-0.3, -0.25) is 9.59 Å². The first-order valence-corrected chi connectivity index (χ1v) is 13.1. The highest BCUT2D eigenvalue weighted by molar-refractivity contribution is 6.30. The van der Waals surface area contributed by atoms with Gasteiger partial charge in [0.05, 0.1) is 11.4 Å². The topological polar surface area (TPSA) is 66.8 Å². The van der Waals surface area contributed by atoms with E-state index in [9.17, 15) is 19.1 Å². The number of amides is 1. The standard InChI is InChI=1S/C31H33ClFNO4/c1-30(2,3)24-9-5-20(6-10-24)19-34(14-13-28(35)36)29(37)22-8-12-27-23(16-22)18-31(4,38-27)17-21-7-11-25(32)26(33)15-21/h5-12,15-16H,13-14,17-19H2,1-4H3,(H,35,36)/t31-/m1/s1. The molecule has 1 N–H and O–H groups in total. The lowest BCUT2D eigenvalue weighted by Gasteiger charge is -2.24. The maximum absolute atomic E-state index is 13.9. The van der Waals surface area contributed by atoms with Gasteiger partial charge < -0.3 is 14.7 Å². The summed E-state index contributed by atoms with van der Waals surface area (Å²) < 4.78 is 20.2. The Morgan fingerprint density at radius 3 is 2.37 bits per heavy atom. The molecule has 0 saturated heterocycles. The quantitative estimate of drug-likeness (QED) is 0.342. The van der Waals surface area contributed by atoms with Gasteiger partial charge in [0.25, 0.3) is 5.91 Å². The SMILES string of the molecule is CC(C)(C)c1ccc(CN(CCC(=O)O)C(=O)c2ccc3c(c2)C[C@@](C)(Cc2ccc(Cl)c(F)c2)O3)cc1. The number of nitrogens with zero attached hydrogens (tertiary/aromatic N) is 1. The number of aliphatic carboxylic acids is 1. The van der Waals surface area contributed by atoms with Crippen LogP contribution in [0.5, 0.6) is 5.75 Å². The zero-order valence-electron chi connectivity index (χ0n) is 22.2. The molecule has 3 aromatic carbocycles. The first kappa shape index (κ1) is 27.6. The summed E-state index contributed by atoms with van der Waals surface area (Å²) in [6, 6.07) is 18.1. The molecule has 38 heavy (non-hydrogen) atoms. The maximum Gasteiger partial charge on any atom is 0.305 e. The lowest BCUT2D eigenvalue weighted by molar-refractivity contribution is -0.137. The van der Waals surface area contributed by atoms with Gasteiger partial charge in [0.2, 0.25) is 0 Å². The Labute approximate surface area is 228 Å². The van der Waals surface area contributed by atoms with Gasteiger partial charge in [-0.2, -0.15) is 0 Å².